The van der Waals surface area contributed by atoms with Gasteiger partial charge in [0.1, 0.15) is 24.3 Å². The molecule has 0 aliphatic carbocycles. The van der Waals surface area contributed by atoms with Crippen molar-refractivity contribution in [3.8, 4) is 17.0 Å². The van der Waals surface area contributed by atoms with Crippen LogP contribution in [0.5, 0.6) is 5.88 Å². The molecule has 10 nitrogen and oxygen atoms in total. The number of nitrogens with zero attached hydrogens (tertiary/aromatic N) is 5. The fourth-order valence-electron chi connectivity index (χ4n) is 3.41. The maximum Gasteiger partial charge on any atom is 0.305 e. The number of anilines is 2. The third kappa shape index (κ3) is 4.02. The molecule has 0 fully saturated rings. The van der Waals surface area contributed by atoms with E-state index < -0.39 is 5.97 Å². The van der Waals surface area contributed by atoms with E-state index in [0.29, 0.717) is 10.7 Å². The Balaban J connectivity index is 1.65. The monoisotopic (exact) mass is 442 g/mol. The molecule has 0 radical (unpaired) electrons. The van der Waals surface area contributed by atoms with Crippen molar-refractivity contribution in [3.63, 3.8) is 0 Å². The van der Waals surface area contributed by atoms with Gasteiger partial charge in [-0.3, -0.25) is 14.3 Å². The van der Waals surface area contributed by atoms with Gasteiger partial charge in [-0.2, -0.15) is 5.10 Å². The third-order valence-corrected chi connectivity index (χ3v) is 5.22. The molecule has 2 aromatic heterocycles. The van der Waals surface area contributed by atoms with Crippen LogP contribution >= 0.6 is 11.6 Å². The Labute approximate surface area is 182 Å². The zero-order valence-corrected chi connectivity index (χ0v) is 17.3. The number of carboxylic acids is 1. The summed E-state index contributed by atoms with van der Waals surface area (Å²) in [4.78, 5) is 33.3. The number of carbonyl (C=O) groups is 2. The number of carbonyl (C=O) groups excluding carboxylic acids is 1. The number of fused-ring (bicyclic) bond motifs is 1. The zero-order chi connectivity index (χ0) is 22.1. The summed E-state index contributed by atoms with van der Waals surface area (Å²) in [6, 6.07) is 5.26. The van der Waals surface area contributed by atoms with E-state index >= 15 is 0 Å². The molecule has 0 saturated heterocycles. The molecule has 3 N–H and O–H groups in total. The van der Waals surface area contributed by atoms with Gasteiger partial charge < -0.3 is 20.5 Å². The predicted octanol–water partition coefficient (Wildman–Crippen LogP) is 2.40. The second kappa shape index (κ2) is 8.23. The van der Waals surface area contributed by atoms with Crippen LogP contribution in [0.1, 0.15) is 22.5 Å². The lowest BCUT2D eigenvalue weighted by Crippen LogP contribution is -2.32. The van der Waals surface area contributed by atoms with Gasteiger partial charge in [-0.25, -0.2) is 9.97 Å². The van der Waals surface area contributed by atoms with Crippen molar-refractivity contribution in [2.75, 3.05) is 23.8 Å². The van der Waals surface area contributed by atoms with Crippen molar-refractivity contribution >= 4 is 35.0 Å². The largest absolute Gasteiger partial charge is 0.481 e. The lowest BCUT2D eigenvalue weighted by atomic mass is 10.1. The fourth-order valence-corrected chi connectivity index (χ4v) is 3.68. The summed E-state index contributed by atoms with van der Waals surface area (Å²) in [5.41, 5.74) is 8.82. The van der Waals surface area contributed by atoms with Gasteiger partial charge in [0, 0.05) is 23.0 Å². The van der Waals surface area contributed by atoms with Gasteiger partial charge >= 0.3 is 5.97 Å². The van der Waals surface area contributed by atoms with Gasteiger partial charge in [0.25, 0.3) is 5.91 Å². The average Bonchev–Trinajstić information content (AvgIpc) is 3.00. The van der Waals surface area contributed by atoms with Crippen molar-refractivity contribution < 1.29 is 19.4 Å². The first-order valence-electron chi connectivity index (χ1n) is 9.46. The molecular formula is C20H19ClN6O4. The van der Waals surface area contributed by atoms with Crippen LogP contribution in [0.3, 0.4) is 0 Å². The number of nitrogens with two attached hydrogens (primary N) is 1. The molecule has 1 aromatic carbocycles. The van der Waals surface area contributed by atoms with Gasteiger partial charge in [0.15, 0.2) is 0 Å². The highest BCUT2D eigenvalue weighted by atomic mass is 35.5. The molecule has 1 aliphatic rings. The normalized spacial score (nSPS) is 13.5. The van der Waals surface area contributed by atoms with Crippen molar-refractivity contribution in [2.45, 2.75) is 19.9 Å². The molecule has 3 heterocycles. The van der Waals surface area contributed by atoms with Crippen molar-refractivity contribution in [1.29, 1.82) is 0 Å². The van der Waals surface area contributed by atoms with E-state index in [4.69, 9.17) is 27.2 Å². The number of carboxylic acid groups (broad SMARTS) is 1. The van der Waals surface area contributed by atoms with Crippen LogP contribution in [0.2, 0.25) is 5.02 Å². The van der Waals surface area contributed by atoms with Crippen LogP contribution in [-0.4, -0.2) is 49.9 Å². The second-order valence-corrected chi connectivity index (χ2v) is 7.35. The number of benzene rings is 1. The topological polar surface area (TPSA) is 136 Å². The summed E-state index contributed by atoms with van der Waals surface area (Å²) >= 11 is 6.56. The van der Waals surface area contributed by atoms with E-state index in [9.17, 15) is 9.59 Å². The standard InChI is InChI=1S/C20H19ClN6O4/c1-11-14(9-26(25-11)5-4-16(28)29)13-3-2-12(8-15(13)21)27-6-7-31-19-17(20(27)30)18(22)23-10-24-19/h2-3,8-10H,4-7H2,1H3,(H,28,29)(H2,22,23,24). The lowest BCUT2D eigenvalue weighted by molar-refractivity contribution is -0.137. The Morgan fingerprint density at radius 1 is 1.32 bits per heavy atom. The first-order chi connectivity index (χ1) is 14.8. The molecule has 1 aliphatic heterocycles. The molecule has 0 saturated carbocycles. The highest BCUT2D eigenvalue weighted by Crippen LogP contribution is 2.35. The van der Waals surface area contributed by atoms with E-state index in [0.717, 1.165) is 16.8 Å². The molecule has 0 bridgehead atoms. The van der Waals surface area contributed by atoms with Crippen LogP contribution in [0, 0.1) is 6.92 Å². The number of aryl methyl sites for hydroxylation is 2. The summed E-state index contributed by atoms with van der Waals surface area (Å²) in [6.45, 7) is 2.61. The number of rotatable bonds is 5. The highest BCUT2D eigenvalue weighted by Gasteiger charge is 2.29. The van der Waals surface area contributed by atoms with Crippen LogP contribution < -0.4 is 15.4 Å². The molecule has 11 heteroatoms. The fraction of sp³-hybridized carbons (Fsp3) is 0.250. The smallest absolute Gasteiger partial charge is 0.305 e. The minimum absolute atomic E-state index is 0.0271. The molecular weight excluding hydrogens is 424 g/mol. The van der Waals surface area contributed by atoms with Crippen LogP contribution in [0.4, 0.5) is 11.5 Å². The van der Waals surface area contributed by atoms with Gasteiger partial charge in [-0.15, -0.1) is 0 Å². The first kappa shape index (κ1) is 20.6. The van der Waals surface area contributed by atoms with Crippen molar-refractivity contribution in [2.24, 2.45) is 0 Å². The number of amides is 1. The Morgan fingerprint density at radius 3 is 2.87 bits per heavy atom. The van der Waals surface area contributed by atoms with E-state index in [2.05, 4.69) is 15.1 Å². The number of halogens is 1. The average molecular weight is 443 g/mol. The zero-order valence-electron chi connectivity index (χ0n) is 16.6. The van der Waals surface area contributed by atoms with Crippen molar-refractivity contribution in [1.82, 2.24) is 19.7 Å². The summed E-state index contributed by atoms with van der Waals surface area (Å²) in [6.07, 6.45) is 2.99. The summed E-state index contributed by atoms with van der Waals surface area (Å²) in [5, 5.41) is 13.6. The van der Waals surface area contributed by atoms with Crippen LogP contribution in [-0.2, 0) is 11.3 Å². The summed E-state index contributed by atoms with van der Waals surface area (Å²) in [5.74, 6) is -1.05. The summed E-state index contributed by atoms with van der Waals surface area (Å²) in [7, 11) is 0. The minimum atomic E-state index is -0.893. The van der Waals surface area contributed by atoms with Gasteiger partial charge in [-0.05, 0) is 19.1 Å². The maximum absolute atomic E-state index is 13.1. The summed E-state index contributed by atoms with van der Waals surface area (Å²) < 4.78 is 7.14. The van der Waals surface area contributed by atoms with E-state index in [1.165, 1.54) is 11.2 Å². The van der Waals surface area contributed by atoms with Crippen LogP contribution in [0.15, 0.2) is 30.7 Å². The molecule has 3 aromatic rings. The van der Waals surface area contributed by atoms with Gasteiger partial charge in [-0.1, -0.05) is 17.7 Å². The van der Waals surface area contributed by atoms with E-state index in [1.54, 1.807) is 29.1 Å². The third-order valence-electron chi connectivity index (χ3n) is 4.91. The molecule has 31 heavy (non-hydrogen) atoms. The number of hydrogen-bond donors (Lipinski definition) is 2. The first-order valence-corrected chi connectivity index (χ1v) is 9.84. The van der Waals surface area contributed by atoms with Crippen LogP contribution in [0.25, 0.3) is 11.1 Å². The number of hydrogen-bond acceptors (Lipinski definition) is 7. The van der Waals surface area contributed by atoms with Gasteiger partial charge in [0.2, 0.25) is 5.88 Å². The van der Waals surface area contributed by atoms with Crippen molar-refractivity contribution in [3.05, 3.63) is 47.0 Å². The maximum atomic E-state index is 13.1. The number of aromatic nitrogens is 4. The SMILES string of the molecule is Cc1nn(CCC(=O)O)cc1-c1ccc(N2CCOc3ncnc(N)c3C2=O)cc1Cl. The second-order valence-electron chi connectivity index (χ2n) is 6.94. The molecule has 1 amide bonds. The molecule has 0 spiro atoms. The molecule has 4 rings (SSSR count). The molecule has 0 atom stereocenters. The minimum Gasteiger partial charge on any atom is -0.481 e. The quantitative estimate of drug-likeness (QED) is 0.614. The van der Waals surface area contributed by atoms with E-state index in [1.807, 2.05) is 6.92 Å². The number of ether oxygens (including phenoxy) is 1. The Bertz CT molecular complexity index is 1180. The van der Waals surface area contributed by atoms with E-state index in [-0.39, 0.29) is 49.3 Å². The Kier molecular flexibility index (Phi) is 5.47. The highest BCUT2D eigenvalue weighted by molar-refractivity contribution is 6.33. The van der Waals surface area contributed by atoms with Gasteiger partial charge in [0.05, 0.1) is 30.2 Å². The number of nitrogen functional groups attached to an aromatic ring is 1. The predicted molar refractivity (Wildman–Crippen MR) is 113 cm³/mol. The Morgan fingerprint density at radius 2 is 2.13 bits per heavy atom. The molecule has 0 unspecified atom stereocenters. The number of aliphatic carboxylic acids is 1. The Hall–Kier alpha value is -3.66. The molecule has 160 valence electrons. The lowest BCUT2D eigenvalue weighted by Gasteiger charge is -2.21.